The highest BCUT2D eigenvalue weighted by atomic mass is 19.4. The molecule has 0 radical (unpaired) electrons. The van der Waals surface area contributed by atoms with E-state index in [1.54, 1.807) is 5.32 Å². The van der Waals surface area contributed by atoms with Crippen LogP contribution in [-0.4, -0.2) is 44.7 Å². The highest BCUT2D eigenvalue weighted by Gasteiger charge is 2.54. The second-order valence-electron chi connectivity index (χ2n) is 4.35. The number of aliphatic carboxylic acids is 1. The number of hydrogen-bond donors (Lipinski definition) is 4. The number of alkyl halides is 3. The van der Waals surface area contributed by atoms with Gasteiger partial charge in [0.25, 0.3) is 0 Å². The molecule has 10 heteroatoms. The summed E-state index contributed by atoms with van der Waals surface area (Å²) in [6.45, 7) is 0.470. The first-order valence-corrected chi connectivity index (χ1v) is 5.42. The Balaban J connectivity index is 2.81. The summed E-state index contributed by atoms with van der Waals surface area (Å²) in [6, 6.07) is -1.55. The van der Waals surface area contributed by atoms with Crippen molar-refractivity contribution in [3.8, 4) is 0 Å². The summed E-state index contributed by atoms with van der Waals surface area (Å²) < 4.78 is 37.7. The van der Waals surface area contributed by atoms with E-state index < -0.39 is 29.6 Å². The Labute approximate surface area is 111 Å². The molecule has 2 atom stereocenters. The Kier molecular flexibility index (Phi) is 4.38. The molecule has 0 aliphatic carbocycles. The zero-order chi connectivity index (χ0) is 15.6. The fraction of sp³-hybridized carbons (Fsp3) is 0.500. The molecule has 1 amide bonds. The van der Waals surface area contributed by atoms with Gasteiger partial charge in [0.1, 0.15) is 6.04 Å². The molecule has 1 rings (SSSR count). The van der Waals surface area contributed by atoms with E-state index in [1.807, 2.05) is 0 Å². The van der Waals surface area contributed by atoms with Crippen molar-refractivity contribution in [2.24, 2.45) is 5.73 Å². The fourth-order valence-corrected chi connectivity index (χ4v) is 1.25. The number of amides is 1. The van der Waals surface area contributed by atoms with Crippen molar-refractivity contribution in [1.29, 1.82) is 0 Å². The van der Waals surface area contributed by atoms with E-state index in [1.165, 1.54) is 12.5 Å². The Morgan fingerprint density at radius 3 is 2.55 bits per heavy atom. The molecule has 1 unspecified atom stereocenters. The molecule has 0 spiro atoms. The molecule has 1 heterocycles. The average molecular weight is 294 g/mol. The number of H-pyrrole nitrogens is 1. The maximum atomic E-state index is 12.6. The number of rotatable bonds is 5. The second kappa shape index (κ2) is 5.49. The van der Waals surface area contributed by atoms with Gasteiger partial charge >= 0.3 is 12.1 Å². The van der Waals surface area contributed by atoms with Crippen LogP contribution in [0.5, 0.6) is 0 Å². The lowest BCUT2D eigenvalue weighted by Gasteiger charge is -2.27. The molecule has 5 N–H and O–H groups in total. The molecule has 7 nitrogen and oxygen atoms in total. The second-order valence-corrected chi connectivity index (χ2v) is 4.35. The minimum Gasteiger partial charge on any atom is -0.480 e. The first-order valence-electron chi connectivity index (χ1n) is 5.42. The van der Waals surface area contributed by atoms with Crippen LogP contribution in [0.25, 0.3) is 0 Å². The van der Waals surface area contributed by atoms with Gasteiger partial charge in [0, 0.05) is 18.3 Å². The summed E-state index contributed by atoms with van der Waals surface area (Å²) in [5.74, 6) is -3.09. The lowest BCUT2D eigenvalue weighted by atomic mass is 10.0. The minimum atomic E-state index is -4.99. The zero-order valence-electron chi connectivity index (χ0n) is 10.4. The van der Waals surface area contributed by atoms with Gasteiger partial charge in [-0.3, -0.25) is 4.79 Å². The van der Waals surface area contributed by atoms with Crippen LogP contribution in [0.15, 0.2) is 12.5 Å². The van der Waals surface area contributed by atoms with E-state index in [9.17, 15) is 22.8 Å². The van der Waals surface area contributed by atoms with Gasteiger partial charge < -0.3 is 21.1 Å². The Morgan fingerprint density at radius 1 is 1.55 bits per heavy atom. The molecule has 0 bridgehead atoms. The molecular weight excluding hydrogens is 281 g/mol. The number of imidazole rings is 1. The maximum Gasteiger partial charge on any atom is 0.415 e. The van der Waals surface area contributed by atoms with Gasteiger partial charge in [0.05, 0.1) is 6.33 Å². The monoisotopic (exact) mass is 294 g/mol. The van der Waals surface area contributed by atoms with Crippen molar-refractivity contribution in [1.82, 2.24) is 15.3 Å². The van der Waals surface area contributed by atoms with Crippen molar-refractivity contribution < 1.29 is 27.9 Å². The van der Waals surface area contributed by atoms with Crippen molar-refractivity contribution in [2.45, 2.75) is 31.1 Å². The summed E-state index contributed by atoms with van der Waals surface area (Å²) in [5.41, 5.74) is 2.09. The zero-order valence-corrected chi connectivity index (χ0v) is 10.4. The number of aromatic amines is 1. The van der Waals surface area contributed by atoms with Gasteiger partial charge in [-0.05, 0) is 6.92 Å². The number of hydrogen-bond acceptors (Lipinski definition) is 4. The molecule has 0 fully saturated rings. The molecule has 0 saturated heterocycles. The molecule has 0 aromatic carbocycles. The summed E-state index contributed by atoms with van der Waals surface area (Å²) in [7, 11) is 0. The number of carbonyl (C=O) groups excluding carboxylic acids is 1. The number of nitrogens with one attached hydrogen (secondary N) is 2. The molecule has 0 aliphatic rings. The summed E-state index contributed by atoms with van der Waals surface area (Å²) in [5, 5.41) is 10.7. The van der Waals surface area contributed by atoms with Crippen LogP contribution in [-0.2, 0) is 16.0 Å². The smallest absolute Gasteiger partial charge is 0.415 e. The third kappa shape index (κ3) is 3.47. The van der Waals surface area contributed by atoms with E-state index >= 15 is 0 Å². The van der Waals surface area contributed by atoms with Gasteiger partial charge in [-0.2, -0.15) is 13.2 Å². The third-order valence-corrected chi connectivity index (χ3v) is 2.64. The van der Waals surface area contributed by atoms with Gasteiger partial charge in [0.2, 0.25) is 5.91 Å². The van der Waals surface area contributed by atoms with Gasteiger partial charge in [-0.15, -0.1) is 0 Å². The van der Waals surface area contributed by atoms with Crippen LogP contribution < -0.4 is 11.1 Å². The van der Waals surface area contributed by atoms with E-state index in [-0.39, 0.29) is 6.42 Å². The van der Waals surface area contributed by atoms with Crippen molar-refractivity contribution >= 4 is 11.9 Å². The van der Waals surface area contributed by atoms with E-state index in [0.717, 1.165) is 0 Å². The Bertz CT molecular complexity index is 484. The van der Waals surface area contributed by atoms with Crippen LogP contribution in [0.2, 0.25) is 0 Å². The number of carboxylic acids is 1. The SMILES string of the molecule is CC(N)(C(=O)N[C@H](Cc1cnc[nH]1)C(=O)O)C(F)(F)F. The predicted octanol–water partition coefficient (Wildman–Crippen LogP) is -0.199. The molecule has 1 aromatic heterocycles. The van der Waals surface area contributed by atoms with Crippen molar-refractivity contribution in [2.75, 3.05) is 0 Å². The van der Waals surface area contributed by atoms with Crippen molar-refractivity contribution in [3.63, 3.8) is 0 Å². The average Bonchev–Trinajstić information content (AvgIpc) is 2.78. The highest BCUT2D eigenvalue weighted by molar-refractivity contribution is 5.90. The van der Waals surface area contributed by atoms with Crippen LogP contribution in [0, 0.1) is 0 Å². The lowest BCUT2D eigenvalue weighted by molar-refractivity contribution is -0.188. The molecular formula is C10H13F3N4O3. The van der Waals surface area contributed by atoms with Crippen molar-refractivity contribution in [3.05, 3.63) is 18.2 Å². The molecule has 0 aliphatic heterocycles. The Morgan fingerprint density at radius 2 is 2.15 bits per heavy atom. The standard InChI is InChI=1S/C10H13F3N4O3/c1-9(14,10(11,12)13)8(20)17-6(7(18)19)2-5-3-15-4-16-5/h3-4,6H,2,14H2,1H3,(H,15,16)(H,17,20)(H,18,19)/t6-,9?/m1/s1. The molecule has 1 aromatic rings. The quantitative estimate of drug-likeness (QED) is 0.599. The lowest BCUT2D eigenvalue weighted by Crippen LogP contribution is -2.63. The summed E-state index contributed by atoms with van der Waals surface area (Å²) in [6.07, 6.45) is -2.66. The van der Waals surface area contributed by atoms with E-state index in [2.05, 4.69) is 9.97 Å². The normalized spacial score (nSPS) is 16.2. The highest BCUT2D eigenvalue weighted by Crippen LogP contribution is 2.28. The fourth-order valence-electron chi connectivity index (χ4n) is 1.25. The van der Waals surface area contributed by atoms with Crippen LogP contribution in [0.1, 0.15) is 12.6 Å². The molecule has 112 valence electrons. The van der Waals surface area contributed by atoms with E-state index in [0.29, 0.717) is 12.6 Å². The summed E-state index contributed by atoms with van der Waals surface area (Å²) in [4.78, 5) is 28.7. The van der Waals surface area contributed by atoms with Crippen LogP contribution in [0.3, 0.4) is 0 Å². The number of nitrogens with zero attached hydrogens (tertiary/aromatic N) is 1. The van der Waals surface area contributed by atoms with E-state index in [4.69, 9.17) is 10.8 Å². The number of carbonyl (C=O) groups is 2. The summed E-state index contributed by atoms with van der Waals surface area (Å²) >= 11 is 0. The van der Waals surface area contributed by atoms with Crippen LogP contribution in [0.4, 0.5) is 13.2 Å². The Hall–Kier alpha value is -2.10. The number of carboxylic acid groups (broad SMARTS) is 1. The molecule has 0 saturated carbocycles. The third-order valence-electron chi connectivity index (χ3n) is 2.64. The minimum absolute atomic E-state index is 0.241. The van der Waals surface area contributed by atoms with Gasteiger partial charge in [0.15, 0.2) is 5.54 Å². The number of aromatic nitrogens is 2. The first kappa shape index (κ1) is 16.0. The van der Waals surface area contributed by atoms with Crippen LogP contribution >= 0.6 is 0 Å². The molecule has 20 heavy (non-hydrogen) atoms. The topological polar surface area (TPSA) is 121 Å². The predicted molar refractivity (Wildman–Crippen MR) is 60.5 cm³/mol. The maximum absolute atomic E-state index is 12.6. The largest absolute Gasteiger partial charge is 0.480 e. The van der Waals surface area contributed by atoms with Gasteiger partial charge in [-0.25, -0.2) is 9.78 Å². The first-order chi connectivity index (χ1) is 9.05. The van der Waals surface area contributed by atoms with Gasteiger partial charge in [-0.1, -0.05) is 0 Å². The number of nitrogens with two attached hydrogens (primary N) is 1. The number of halogens is 3.